The summed E-state index contributed by atoms with van der Waals surface area (Å²) in [6.45, 7) is 6.93. The molecule has 0 heterocycles. The van der Waals surface area contributed by atoms with Crippen molar-refractivity contribution in [3.05, 3.63) is 11.6 Å². The van der Waals surface area contributed by atoms with Crippen LogP contribution in [0, 0.1) is 11.8 Å². The molecule has 0 aliphatic heterocycles. The predicted molar refractivity (Wildman–Crippen MR) is 45.9 cm³/mol. The fourth-order valence-corrected chi connectivity index (χ4v) is 1.96. The Bertz CT molecular complexity index is 133. The first-order valence-electron chi connectivity index (χ1n) is 4.42. The third kappa shape index (κ3) is 1.42. The van der Waals surface area contributed by atoms with Gasteiger partial charge in [0.2, 0.25) is 0 Å². The first kappa shape index (κ1) is 7.84. The van der Waals surface area contributed by atoms with Gasteiger partial charge in [0.15, 0.2) is 0 Å². The smallest absolute Gasteiger partial charge is 0.0177 e. The van der Waals surface area contributed by atoms with E-state index in [0.29, 0.717) is 0 Å². The van der Waals surface area contributed by atoms with Crippen molar-refractivity contribution in [2.45, 2.75) is 40.0 Å². The molecule has 0 fully saturated rings. The van der Waals surface area contributed by atoms with Gasteiger partial charge in [0.25, 0.3) is 0 Å². The van der Waals surface area contributed by atoms with Crippen LogP contribution >= 0.6 is 0 Å². The summed E-state index contributed by atoms with van der Waals surface area (Å²) in [7, 11) is 0. The molecule has 2 atom stereocenters. The van der Waals surface area contributed by atoms with Gasteiger partial charge in [-0.3, -0.25) is 0 Å². The van der Waals surface area contributed by atoms with E-state index >= 15 is 0 Å². The average molecular weight is 138 g/mol. The van der Waals surface area contributed by atoms with E-state index in [-0.39, 0.29) is 0 Å². The highest BCUT2D eigenvalue weighted by Gasteiger charge is 2.21. The Balaban J connectivity index is 2.47. The lowest BCUT2D eigenvalue weighted by Crippen LogP contribution is -2.05. The van der Waals surface area contributed by atoms with Gasteiger partial charge in [0.05, 0.1) is 0 Å². The third-order valence-corrected chi connectivity index (χ3v) is 2.68. The van der Waals surface area contributed by atoms with Crippen LogP contribution in [0.4, 0.5) is 0 Å². The Hall–Kier alpha value is -0.260. The van der Waals surface area contributed by atoms with Crippen molar-refractivity contribution < 1.29 is 0 Å². The van der Waals surface area contributed by atoms with E-state index < -0.39 is 0 Å². The minimum Gasteiger partial charge on any atom is -0.0850 e. The molecule has 0 saturated heterocycles. The van der Waals surface area contributed by atoms with Gasteiger partial charge >= 0.3 is 0 Å². The normalized spacial score (nSPS) is 32.5. The number of hydrogen-bond donors (Lipinski definition) is 0. The van der Waals surface area contributed by atoms with Crippen molar-refractivity contribution in [2.24, 2.45) is 11.8 Å². The summed E-state index contributed by atoms with van der Waals surface area (Å²) >= 11 is 0. The molecule has 0 saturated carbocycles. The maximum atomic E-state index is 2.41. The summed E-state index contributed by atoms with van der Waals surface area (Å²) in [4.78, 5) is 0. The summed E-state index contributed by atoms with van der Waals surface area (Å²) < 4.78 is 0. The molecule has 0 nitrogen and oxygen atoms in total. The number of rotatable bonds is 2. The molecular weight excluding hydrogens is 120 g/mol. The summed E-state index contributed by atoms with van der Waals surface area (Å²) in [5.41, 5.74) is 1.63. The molecule has 0 heteroatoms. The van der Waals surface area contributed by atoms with Crippen LogP contribution in [0.15, 0.2) is 11.6 Å². The molecule has 0 spiro atoms. The maximum Gasteiger partial charge on any atom is -0.0177 e. The second-order valence-electron chi connectivity index (χ2n) is 3.56. The largest absolute Gasteiger partial charge is 0.0850 e. The fraction of sp³-hybridized carbons (Fsp3) is 0.800. The van der Waals surface area contributed by atoms with Crippen LogP contribution in [0.3, 0.4) is 0 Å². The average Bonchev–Trinajstić information content (AvgIpc) is 2.20. The topological polar surface area (TPSA) is 0 Å². The van der Waals surface area contributed by atoms with Crippen LogP contribution in [0.2, 0.25) is 0 Å². The van der Waals surface area contributed by atoms with Crippen molar-refractivity contribution in [1.82, 2.24) is 0 Å². The van der Waals surface area contributed by atoms with Gasteiger partial charge < -0.3 is 0 Å². The minimum absolute atomic E-state index is 0.907. The van der Waals surface area contributed by atoms with Gasteiger partial charge in [-0.25, -0.2) is 0 Å². The Morgan fingerprint density at radius 1 is 1.60 bits per heavy atom. The standard InChI is InChI=1S/C10H18/c1-4-5-10-8(2)6-7-9(10)3/h6,9-10H,4-5,7H2,1-3H3. The lowest BCUT2D eigenvalue weighted by Gasteiger charge is -2.16. The predicted octanol–water partition coefficient (Wildman–Crippen LogP) is 3.39. The second-order valence-corrected chi connectivity index (χ2v) is 3.56. The van der Waals surface area contributed by atoms with E-state index in [4.69, 9.17) is 0 Å². The zero-order valence-corrected chi connectivity index (χ0v) is 7.35. The van der Waals surface area contributed by atoms with Gasteiger partial charge in [0, 0.05) is 0 Å². The van der Waals surface area contributed by atoms with Crippen LogP contribution < -0.4 is 0 Å². The van der Waals surface area contributed by atoms with Crippen molar-refractivity contribution in [3.63, 3.8) is 0 Å². The third-order valence-electron chi connectivity index (χ3n) is 2.68. The molecule has 1 aliphatic carbocycles. The van der Waals surface area contributed by atoms with Crippen LogP contribution in [0.5, 0.6) is 0 Å². The van der Waals surface area contributed by atoms with E-state index in [9.17, 15) is 0 Å². The highest BCUT2D eigenvalue weighted by Crippen LogP contribution is 2.34. The monoisotopic (exact) mass is 138 g/mol. The van der Waals surface area contributed by atoms with Crippen LogP contribution in [0.1, 0.15) is 40.0 Å². The highest BCUT2D eigenvalue weighted by atomic mass is 14.3. The molecule has 1 rings (SSSR count). The Morgan fingerprint density at radius 2 is 2.30 bits per heavy atom. The molecule has 0 aromatic rings. The quantitative estimate of drug-likeness (QED) is 0.513. The number of allylic oxidation sites excluding steroid dienone is 2. The summed E-state index contributed by atoms with van der Waals surface area (Å²) in [5.74, 6) is 1.82. The summed E-state index contributed by atoms with van der Waals surface area (Å²) in [5, 5.41) is 0. The SMILES string of the molecule is CCCC1C(C)=CCC1C. The van der Waals surface area contributed by atoms with Crippen LogP contribution in [-0.2, 0) is 0 Å². The molecule has 58 valence electrons. The van der Waals surface area contributed by atoms with Gasteiger partial charge in [0.1, 0.15) is 0 Å². The fourth-order valence-electron chi connectivity index (χ4n) is 1.96. The molecular formula is C10H18. The van der Waals surface area contributed by atoms with Crippen molar-refractivity contribution in [3.8, 4) is 0 Å². The molecule has 0 N–H and O–H groups in total. The van der Waals surface area contributed by atoms with Gasteiger partial charge in [-0.15, -0.1) is 0 Å². The number of hydrogen-bond acceptors (Lipinski definition) is 0. The van der Waals surface area contributed by atoms with Crippen molar-refractivity contribution in [2.75, 3.05) is 0 Å². The van der Waals surface area contributed by atoms with Crippen LogP contribution in [0.25, 0.3) is 0 Å². The van der Waals surface area contributed by atoms with E-state index in [1.54, 1.807) is 5.57 Å². The first-order valence-corrected chi connectivity index (χ1v) is 4.42. The summed E-state index contributed by atoms with van der Waals surface area (Å²) in [6.07, 6.45) is 6.45. The van der Waals surface area contributed by atoms with Gasteiger partial charge in [-0.2, -0.15) is 0 Å². The second kappa shape index (κ2) is 3.23. The molecule has 0 radical (unpaired) electrons. The summed E-state index contributed by atoms with van der Waals surface area (Å²) in [6, 6.07) is 0. The lowest BCUT2D eigenvalue weighted by atomic mass is 9.89. The zero-order chi connectivity index (χ0) is 7.56. The minimum atomic E-state index is 0.907. The molecule has 0 bridgehead atoms. The van der Waals surface area contributed by atoms with E-state index in [1.165, 1.54) is 19.3 Å². The van der Waals surface area contributed by atoms with E-state index in [1.807, 2.05) is 0 Å². The molecule has 0 aromatic carbocycles. The molecule has 0 aromatic heterocycles. The Kier molecular flexibility index (Phi) is 2.53. The van der Waals surface area contributed by atoms with Crippen LogP contribution in [-0.4, -0.2) is 0 Å². The molecule has 1 aliphatic rings. The lowest BCUT2D eigenvalue weighted by molar-refractivity contribution is 0.415. The Morgan fingerprint density at radius 3 is 2.70 bits per heavy atom. The van der Waals surface area contributed by atoms with E-state index in [2.05, 4.69) is 26.8 Å². The zero-order valence-electron chi connectivity index (χ0n) is 7.35. The van der Waals surface area contributed by atoms with Gasteiger partial charge in [-0.1, -0.05) is 31.9 Å². The maximum absolute atomic E-state index is 2.41. The van der Waals surface area contributed by atoms with Crippen molar-refractivity contribution in [1.29, 1.82) is 0 Å². The molecule has 0 amide bonds. The van der Waals surface area contributed by atoms with Crippen molar-refractivity contribution >= 4 is 0 Å². The first-order chi connectivity index (χ1) is 4.75. The van der Waals surface area contributed by atoms with Gasteiger partial charge in [-0.05, 0) is 31.6 Å². The van der Waals surface area contributed by atoms with E-state index in [0.717, 1.165) is 11.8 Å². The molecule has 10 heavy (non-hydrogen) atoms. The Labute approximate surface area is 64.3 Å². The molecule has 2 unspecified atom stereocenters. The highest BCUT2D eigenvalue weighted by molar-refractivity contribution is 5.11.